The van der Waals surface area contributed by atoms with Crippen LogP contribution in [0.15, 0.2) is 59.5 Å². The summed E-state index contributed by atoms with van der Waals surface area (Å²) in [7, 11) is 0. The summed E-state index contributed by atoms with van der Waals surface area (Å²) >= 11 is 13.3. The third-order valence-corrected chi connectivity index (χ3v) is 4.76. The lowest BCUT2D eigenvalue weighted by atomic mass is 10.1. The van der Waals surface area contributed by atoms with Gasteiger partial charge in [0.1, 0.15) is 11.6 Å². The number of rotatable bonds is 4. The quantitative estimate of drug-likeness (QED) is 0.454. The molecule has 0 saturated carbocycles. The SMILES string of the molecule is N#C/C(=C\c1ccc(Cl)cc1)C(=O)Nc1nc(-c2ccccc2Cl)cs1. The van der Waals surface area contributed by atoms with Gasteiger partial charge in [-0.15, -0.1) is 11.3 Å². The highest BCUT2D eigenvalue weighted by Gasteiger charge is 2.13. The number of anilines is 1. The van der Waals surface area contributed by atoms with E-state index in [-0.39, 0.29) is 5.57 Å². The van der Waals surface area contributed by atoms with Gasteiger partial charge in [-0.25, -0.2) is 4.98 Å². The van der Waals surface area contributed by atoms with Gasteiger partial charge >= 0.3 is 0 Å². The molecule has 4 nitrogen and oxygen atoms in total. The second-order valence-electron chi connectivity index (χ2n) is 5.19. The van der Waals surface area contributed by atoms with Crippen LogP contribution in [0.25, 0.3) is 17.3 Å². The highest BCUT2D eigenvalue weighted by Crippen LogP contribution is 2.30. The van der Waals surface area contributed by atoms with Crippen LogP contribution in [0.2, 0.25) is 10.0 Å². The summed E-state index contributed by atoms with van der Waals surface area (Å²) in [6, 6.07) is 16.1. The van der Waals surface area contributed by atoms with E-state index in [4.69, 9.17) is 23.2 Å². The molecule has 1 amide bonds. The van der Waals surface area contributed by atoms with Crippen molar-refractivity contribution in [1.29, 1.82) is 5.26 Å². The monoisotopic (exact) mass is 399 g/mol. The van der Waals surface area contributed by atoms with Crippen LogP contribution in [-0.2, 0) is 4.79 Å². The van der Waals surface area contributed by atoms with Gasteiger partial charge in [0.25, 0.3) is 5.91 Å². The van der Waals surface area contributed by atoms with E-state index in [1.54, 1.807) is 35.7 Å². The highest BCUT2D eigenvalue weighted by molar-refractivity contribution is 7.14. The Hall–Kier alpha value is -2.65. The molecule has 0 fully saturated rings. The number of nitrogens with zero attached hydrogens (tertiary/aromatic N) is 2. The Kier molecular flexibility index (Phi) is 5.69. The number of carbonyl (C=O) groups excluding carboxylic acids is 1. The first-order chi connectivity index (χ1) is 12.6. The summed E-state index contributed by atoms with van der Waals surface area (Å²) in [4.78, 5) is 16.7. The normalized spacial score (nSPS) is 11.0. The van der Waals surface area contributed by atoms with E-state index in [2.05, 4.69) is 10.3 Å². The first-order valence-corrected chi connectivity index (χ1v) is 9.09. The summed E-state index contributed by atoms with van der Waals surface area (Å²) < 4.78 is 0. The largest absolute Gasteiger partial charge is 0.297 e. The molecule has 26 heavy (non-hydrogen) atoms. The first-order valence-electron chi connectivity index (χ1n) is 7.46. The lowest BCUT2D eigenvalue weighted by molar-refractivity contribution is -0.112. The van der Waals surface area contributed by atoms with Crippen molar-refractivity contribution in [2.75, 3.05) is 5.32 Å². The van der Waals surface area contributed by atoms with Crippen molar-refractivity contribution < 1.29 is 4.79 Å². The average molecular weight is 400 g/mol. The van der Waals surface area contributed by atoms with E-state index in [9.17, 15) is 10.1 Å². The van der Waals surface area contributed by atoms with Gasteiger partial charge in [-0.3, -0.25) is 10.1 Å². The fourth-order valence-corrected chi connectivity index (χ4v) is 3.23. The molecule has 1 heterocycles. The van der Waals surface area contributed by atoms with Crippen LogP contribution in [0.4, 0.5) is 5.13 Å². The van der Waals surface area contributed by atoms with Crippen molar-refractivity contribution >= 4 is 51.7 Å². The summed E-state index contributed by atoms with van der Waals surface area (Å²) in [6.07, 6.45) is 1.49. The lowest BCUT2D eigenvalue weighted by Gasteiger charge is -2.01. The van der Waals surface area contributed by atoms with Crippen molar-refractivity contribution in [3.05, 3.63) is 75.1 Å². The number of thiazole rings is 1. The number of halogens is 2. The van der Waals surface area contributed by atoms with Crippen LogP contribution < -0.4 is 5.32 Å². The Bertz CT molecular complexity index is 1020. The molecule has 0 atom stereocenters. The van der Waals surface area contributed by atoms with Crippen molar-refractivity contribution in [2.24, 2.45) is 0 Å². The van der Waals surface area contributed by atoms with Gasteiger partial charge in [-0.2, -0.15) is 5.26 Å². The van der Waals surface area contributed by atoms with Crippen molar-refractivity contribution in [2.45, 2.75) is 0 Å². The molecule has 0 aliphatic carbocycles. The van der Waals surface area contributed by atoms with Gasteiger partial charge in [0, 0.05) is 21.0 Å². The zero-order valence-corrected chi connectivity index (χ0v) is 15.6. The maximum atomic E-state index is 12.3. The highest BCUT2D eigenvalue weighted by atomic mass is 35.5. The number of hydrogen-bond donors (Lipinski definition) is 1. The van der Waals surface area contributed by atoms with Crippen molar-refractivity contribution in [3.8, 4) is 17.3 Å². The zero-order chi connectivity index (χ0) is 18.5. The first kappa shape index (κ1) is 18.2. The second-order valence-corrected chi connectivity index (χ2v) is 6.89. The Morgan fingerprint density at radius 2 is 1.88 bits per heavy atom. The number of nitrogens with one attached hydrogen (secondary N) is 1. The zero-order valence-electron chi connectivity index (χ0n) is 13.2. The van der Waals surface area contributed by atoms with E-state index in [1.807, 2.05) is 24.3 Å². The summed E-state index contributed by atoms with van der Waals surface area (Å²) in [5, 5.41) is 15.3. The molecule has 0 aliphatic heterocycles. The van der Waals surface area contributed by atoms with E-state index >= 15 is 0 Å². The Balaban J connectivity index is 1.78. The van der Waals surface area contributed by atoms with Crippen LogP contribution in [0.5, 0.6) is 0 Å². The maximum absolute atomic E-state index is 12.3. The lowest BCUT2D eigenvalue weighted by Crippen LogP contribution is -2.13. The molecular weight excluding hydrogens is 389 g/mol. The minimum Gasteiger partial charge on any atom is -0.297 e. The molecule has 0 saturated heterocycles. The molecule has 0 unspecified atom stereocenters. The number of aromatic nitrogens is 1. The van der Waals surface area contributed by atoms with Gasteiger partial charge in [0.05, 0.1) is 5.69 Å². The van der Waals surface area contributed by atoms with Crippen LogP contribution in [0.3, 0.4) is 0 Å². The number of nitriles is 1. The predicted octanol–water partition coefficient (Wildman–Crippen LogP) is 5.66. The third-order valence-electron chi connectivity index (χ3n) is 3.42. The molecule has 0 radical (unpaired) electrons. The summed E-state index contributed by atoms with van der Waals surface area (Å²) in [5.41, 5.74) is 2.12. The molecule has 7 heteroatoms. The van der Waals surface area contributed by atoms with E-state index in [0.717, 1.165) is 5.56 Å². The fourth-order valence-electron chi connectivity index (χ4n) is 2.16. The Morgan fingerprint density at radius 1 is 1.15 bits per heavy atom. The number of amides is 1. The van der Waals surface area contributed by atoms with Crippen LogP contribution >= 0.6 is 34.5 Å². The standard InChI is InChI=1S/C19H11Cl2N3OS/c20-14-7-5-12(6-8-14)9-13(10-22)18(25)24-19-23-17(11-26-19)15-3-1-2-4-16(15)21/h1-9,11H,(H,23,24,25)/b13-9+. The average Bonchev–Trinajstić information content (AvgIpc) is 3.09. The maximum Gasteiger partial charge on any atom is 0.268 e. The predicted molar refractivity (Wildman–Crippen MR) is 106 cm³/mol. The van der Waals surface area contributed by atoms with E-state index in [0.29, 0.717) is 26.4 Å². The minimum absolute atomic E-state index is 0.0261. The second kappa shape index (κ2) is 8.15. The van der Waals surface area contributed by atoms with Crippen LogP contribution in [0.1, 0.15) is 5.56 Å². The number of carbonyl (C=O) groups is 1. The summed E-state index contributed by atoms with van der Waals surface area (Å²) in [5.74, 6) is -0.525. The molecule has 3 rings (SSSR count). The minimum atomic E-state index is -0.525. The molecule has 0 aliphatic rings. The van der Waals surface area contributed by atoms with Gasteiger partial charge in [-0.1, -0.05) is 53.5 Å². The van der Waals surface area contributed by atoms with Crippen LogP contribution in [0, 0.1) is 11.3 Å². The number of hydrogen-bond acceptors (Lipinski definition) is 4. The fraction of sp³-hybridized carbons (Fsp3) is 0. The smallest absolute Gasteiger partial charge is 0.268 e. The molecular formula is C19H11Cl2N3OS. The van der Waals surface area contributed by atoms with Gasteiger partial charge < -0.3 is 0 Å². The van der Waals surface area contributed by atoms with Crippen molar-refractivity contribution in [1.82, 2.24) is 4.98 Å². The third kappa shape index (κ3) is 4.30. The van der Waals surface area contributed by atoms with Gasteiger partial charge in [0.2, 0.25) is 0 Å². The van der Waals surface area contributed by atoms with Gasteiger partial charge in [0.15, 0.2) is 5.13 Å². The molecule has 0 spiro atoms. The molecule has 1 N–H and O–H groups in total. The van der Waals surface area contributed by atoms with E-state index < -0.39 is 5.91 Å². The van der Waals surface area contributed by atoms with Crippen molar-refractivity contribution in [3.63, 3.8) is 0 Å². The van der Waals surface area contributed by atoms with Gasteiger partial charge in [-0.05, 0) is 29.8 Å². The molecule has 3 aromatic rings. The molecule has 2 aromatic carbocycles. The number of benzene rings is 2. The molecule has 128 valence electrons. The topological polar surface area (TPSA) is 65.8 Å². The molecule has 0 bridgehead atoms. The van der Waals surface area contributed by atoms with E-state index in [1.165, 1.54) is 17.4 Å². The summed E-state index contributed by atoms with van der Waals surface area (Å²) in [6.45, 7) is 0. The Morgan fingerprint density at radius 3 is 2.58 bits per heavy atom. The van der Waals surface area contributed by atoms with Crippen LogP contribution in [-0.4, -0.2) is 10.9 Å². The Labute approximate surface area is 164 Å². The molecule has 1 aromatic heterocycles.